The molecule has 35 heavy (non-hydrogen) atoms. The van der Waals surface area contributed by atoms with Crippen molar-refractivity contribution in [3.05, 3.63) is 78.4 Å². The molecule has 0 aromatic heterocycles. The van der Waals surface area contributed by atoms with Crippen LogP contribution in [-0.4, -0.2) is 55.1 Å². The van der Waals surface area contributed by atoms with E-state index >= 15 is 0 Å². The van der Waals surface area contributed by atoms with Crippen molar-refractivity contribution in [2.45, 2.75) is 50.7 Å². The van der Waals surface area contributed by atoms with E-state index in [9.17, 15) is 18.0 Å². The van der Waals surface area contributed by atoms with Gasteiger partial charge >= 0.3 is 0 Å². The predicted octanol–water partition coefficient (Wildman–Crippen LogP) is 3.79. The van der Waals surface area contributed by atoms with E-state index in [1.54, 1.807) is 25.1 Å². The molecule has 0 saturated heterocycles. The molecule has 186 valence electrons. The van der Waals surface area contributed by atoms with Crippen LogP contribution in [0.15, 0.2) is 77.7 Å². The van der Waals surface area contributed by atoms with Gasteiger partial charge in [0.2, 0.25) is 21.8 Å². The van der Waals surface area contributed by atoms with Crippen LogP contribution in [0.5, 0.6) is 0 Å². The van der Waals surface area contributed by atoms with Gasteiger partial charge in [0.05, 0.1) is 11.4 Å². The lowest BCUT2D eigenvalue weighted by molar-refractivity contribution is -0.140. The molecule has 2 unspecified atom stereocenters. The van der Waals surface area contributed by atoms with Crippen molar-refractivity contribution in [3.63, 3.8) is 0 Å². The van der Waals surface area contributed by atoms with Crippen molar-refractivity contribution < 1.29 is 18.0 Å². The fourth-order valence-electron chi connectivity index (χ4n) is 3.70. The first-order valence-corrected chi connectivity index (χ1v) is 13.2. The Kier molecular flexibility index (Phi) is 8.64. The minimum absolute atomic E-state index is 0.0328. The Bertz CT molecular complexity index is 1280. The van der Waals surface area contributed by atoms with E-state index in [0.717, 1.165) is 27.1 Å². The second kappa shape index (κ2) is 11.5. The summed E-state index contributed by atoms with van der Waals surface area (Å²) in [6.07, 6.45) is 0.762. The molecule has 0 fully saturated rings. The number of carbonyl (C=O) groups is 2. The molecule has 3 aromatic rings. The van der Waals surface area contributed by atoms with Crippen LogP contribution in [0.1, 0.15) is 32.8 Å². The van der Waals surface area contributed by atoms with E-state index in [4.69, 9.17) is 0 Å². The summed E-state index contributed by atoms with van der Waals surface area (Å²) >= 11 is 0. The maximum atomic E-state index is 13.4. The molecule has 0 aliphatic rings. The van der Waals surface area contributed by atoms with Crippen LogP contribution in [0.4, 0.5) is 0 Å². The molecular weight excluding hydrogens is 462 g/mol. The summed E-state index contributed by atoms with van der Waals surface area (Å²) in [5, 5.41) is 4.64. The van der Waals surface area contributed by atoms with E-state index in [2.05, 4.69) is 5.32 Å². The zero-order chi connectivity index (χ0) is 25.6. The van der Waals surface area contributed by atoms with Gasteiger partial charge in [-0.1, -0.05) is 67.6 Å². The second-order valence-electron chi connectivity index (χ2n) is 8.77. The lowest BCUT2D eigenvalue weighted by atomic mass is 10.1. The molecule has 3 aromatic carbocycles. The van der Waals surface area contributed by atoms with E-state index in [0.29, 0.717) is 0 Å². The lowest BCUT2D eigenvalue weighted by Gasteiger charge is -2.31. The highest BCUT2D eigenvalue weighted by atomic mass is 32.2. The Morgan fingerprint density at radius 2 is 1.54 bits per heavy atom. The molecule has 0 radical (unpaired) electrons. The van der Waals surface area contributed by atoms with E-state index in [1.165, 1.54) is 11.9 Å². The minimum atomic E-state index is -3.92. The Balaban J connectivity index is 1.83. The molecule has 0 saturated carbocycles. The summed E-state index contributed by atoms with van der Waals surface area (Å²) in [6, 6.07) is 20.9. The molecule has 0 spiro atoms. The van der Waals surface area contributed by atoms with Crippen LogP contribution in [0.25, 0.3) is 10.8 Å². The number of hydrogen-bond acceptors (Lipinski definition) is 4. The quantitative estimate of drug-likeness (QED) is 0.464. The summed E-state index contributed by atoms with van der Waals surface area (Å²) < 4.78 is 27.6. The summed E-state index contributed by atoms with van der Waals surface area (Å²) in [5.74, 6) is -0.726. The number of carbonyl (C=O) groups excluding carboxylic acids is 2. The van der Waals surface area contributed by atoms with E-state index < -0.39 is 22.0 Å². The third kappa shape index (κ3) is 6.46. The van der Waals surface area contributed by atoms with Gasteiger partial charge in [0.1, 0.15) is 6.04 Å². The van der Waals surface area contributed by atoms with Crippen molar-refractivity contribution in [2.24, 2.45) is 0 Å². The zero-order valence-corrected chi connectivity index (χ0v) is 21.5. The number of nitrogens with zero attached hydrogens (tertiary/aromatic N) is 2. The highest BCUT2D eigenvalue weighted by Gasteiger charge is 2.30. The van der Waals surface area contributed by atoms with Crippen molar-refractivity contribution in [3.8, 4) is 0 Å². The van der Waals surface area contributed by atoms with Gasteiger partial charge in [0.25, 0.3) is 0 Å². The Hall–Kier alpha value is -3.23. The number of fused-ring (bicyclic) bond motifs is 1. The summed E-state index contributed by atoms with van der Waals surface area (Å²) in [6.45, 7) is 5.34. The van der Waals surface area contributed by atoms with Gasteiger partial charge < -0.3 is 10.2 Å². The smallest absolute Gasteiger partial charge is 0.243 e. The standard InChI is InChI=1S/C27H33N3O4S/c1-5-20(2)28-27(32)21(3)30(18-22-11-7-6-8-12-22)26(31)19-29(4)35(33,34)25-16-15-23-13-9-10-14-24(23)17-25/h6-17,20-21H,5,18-19H2,1-4H3,(H,28,32). The summed E-state index contributed by atoms with van der Waals surface area (Å²) in [7, 11) is -2.53. The topological polar surface area (TPSA) is 86.8 Å². The Morgan fingerprint density at radius 1 is 0.914 bits per heavy atom. The average molecular weight is 496 g/mol. The molecule has 0 aliphatic heterocycles. The first-order chi connectivity index (χ1) is 16.6. The fraction of sp³-hybridized carbons (Fsp3) is 0.333. The van der Waals surface area contributed by atoms with Crippen LogP contribution in [0.2, 0.25) is 0 Å². The summed E-state index contributed by atoms with van der Waals surface area (Å²) in [5.41, 5.74) is 0.851. The van der Waals surface area contributed by atoms with E-state index in [1.807, 2.05) is 68.4 Å². The first kappa shape index (κ1) is 26.4. The normalized spacial score (nSPS) is 13.4. The Labute approximate surface area is 207 Å². The molecule has 2 atom stereocenters. The number of rotatable bonds is 10. The monoisotopic (exact) mass is 495 g/mol. The molecule has 1 N–H and O–H groups in total. The van der Waals surface area contributed by atoms with Gasteiger partial charge in [0.15, 0.2) is 0 Å². The molecule has 0 aliphatic carbocycles. The molecule has 3 rings (SSSR count). The van der Waals surface area contributed by atoms with Gasteiger partial charge in [0, 0.05) is 19.6 Å². The van der Waals surface area contributed by atoms with Crippen molar-refractivity contribution in [2.75, 3.05) is 13.6 Å². The highest BCUT2D eigenvalue weighted by Crippen LogP contribution is 2.21. The summed E-state index contributed by atoms with van der Waals surface area (Å²) in [4.78, 5) is 27.8. The van der Waals surface area contributed by atoms with Crippen LogP contribution in [-0.2, 0) is 26.2 Å². The SMILES string of the molecule is CCC(C)NC(=O)C(C)N(Cc1ccccc1)C(=O)CN(C)S(=O)(=O)c1ccc2ccccc2c1. The number of amides is 2. The van der Waals surface area contributed by atoms with Crippen LogP contribution >= 0.6 is 0 Å². The van der Waals surface area contributed by atoms with Crippen LogP contribution in [0, 0.1) is 0 Å². The highest BCUT2D eigenvalue weighted by molar-refractivity contribution is 7.89. The van der Waals surface area contributed by atoms with E-state index in [-0.39, 0.29) is 29.9 Å². The van der Waals surface area contributed by atoms with Gasteiger partial charge in [-0.05, 0) is 48.7 Å². The predicted molar refractivity (Wildman–Crippen MR) is 138 cm³/mol. The fourth-order valence-corrected chi connectivity index (χ4v) is 4.86. The largest absolute Gasteiger partial charge is 0.352 e. The van der Waals surface area contributed by atoms with Crippen molar-refractivity contribution >= 4 is 32.6 Å². The van der Waals surface area contributed by atoms with Gasteiger partial charge in [-0.25, -0.2) is 8.42 Å². The number of sulfonamides is 1. The van der Waals surface area contributed by atoms with Crippen molar-refractivity contribution in [1.29, 1.82) is 0 Å². The van der Waals surface area contributed by atoms with Crippen LogP contribution in [0.3, 0.4) is 0 Å². The molecule has 7 nitrogen and oxygen atoms in total. The molecular formula is C27H33N3O4S. The first-order valence-electron chi connectivity index (χ1n) is 11.7. The molecule has 0 heterocycles. The molecule has 0 bridgehead atoms. The van der Waals surface area contributed by atoms with Crippen LogP contribution < -0.4 is 5.32 Å². The number of benzene rings is 3. The second-order valence-corrected chi connectivity index (χ2v) is 10.8. The van der Waals surface area contributed by atoms with Gasteiger partial charge in [-0.3, -0.25) is 9.59 Å². The third-order valence-corrected chi connectivity index (χ3v) is 7.95. The minimum Gasteiger partial charge on any atom is -0.352 e. The zero-order valence-electron chi connectivity index (χ0n) is 20.6. The lowest BCUT2D eigenvalue weighted by Crippen LogP contribution is -2.51. The Morgan fingerprint density at radius 3 is 2.20 bits per heavy atom. The van der Waals surface area contributed by atoms with Gasteiger partial charge in [-0.15, -0.1) is 0 Å². The van der Waals surface area contributed by atoms with Crippen molar-refractivity contribution in [1.82, 2.24) is 14.5 Å². The number of hydrogen-bond donors (Lipinski definition) is 1. The number of likely N-dealkylation sites (N-methyl/N-ethyl adjacent to an activating group) is 1. The molecule has 8 heteroatoms. The molecule has 2 amide bonds. The number of nitrogens with one attached hydrogen (secondary N) is 1. The average Bonchev–Trinajstić information content (AvgIpc) is 2.86. The maximum absolute atomic E-state index is 13.4. The third-order valence-electron chi connectivity index (χ3n) is 6.15. The maximum Gasteiger partial charge on any atom is 0.243 e. The van der Waals surface area contributed by atoms with Gasteiger partial charge in [-0.2, -0.15) is 4.31 Å².